The van der Waals surface area contributed by atoms with Gasteiger partial charge in [-0.2, -0.15) is 0 Å². The molecule has 1 rings (SSSR count). The average molecular weight is 159 g/mol. The number of carbonyl (C=O) groups is 1. The van der Waals surface area contributed by atoms with Gasteiger partial charge >= 0.3 is 0 Å². The predicted octanol–water partition coefficient (Wildman–Crippen LogP) is -2.04. The van der Waals surface area contributed by atoms with Crippen molar-refractivity contribution >= 4 is 5.91 Å². The molecule has 1 amide bonds. The van der Waals surface area contributed by atoms with E-state index in [9.17, 15) is 9.90 Å². The van der Waals surface area contributed by atoms with Crippen LogP contribution in [0.4, 0.5) is 0 Å². The number of carbonyl (C=O) groups excluding carboxylic acids is 1. The Morgan fingerprint density at radius 2 is 2.36 bits per heavy atom. The molecule has 4 N–H and O–H groups in total. The third kappa shape index (κ3) is 2.45. The van der Waals surface area contributed by atoms with Gasteiger partial charge in [0.05, 0.1) is 12.1 Å². The van der Waals surface area contributed by atoms with Gasteiger partial charge in [-0.25, -0.2) is 5.43 Å². The molecule has 0 unspecified atom stereocenters. The topological polar surface area (TPSA) is 73.4 Å². The Bertz CT molecular complexity index is 151. The zero-order valence-corrected chi connectivity index (χ0v) is 6.42. The van der Waals surface area contributed by atoms with E-state index in [4.69, 9.17) is 0 Å². The molecule has 0 aromatic heterocycles. The smallest absolute Gasteiger partial charge is 0.230 e. The van der Waals surface area contributed by atoms with Crippen LogP contribution < -0.4 is 16.2 Å². The van der Waals surface area contributed by atoms with Crippen molar-refractivity contribution in [2.45, 2.75) is 19.1 Å². The van der Waals surface area contributed by atoms with Gasteiger partial charge in [-0.05, 0) is 0 Å². The number of rotatable bonds is 2. The molecule has 0 saturated carbocycles. The summed E-state index contributed by atoms with van der Waals surface area (Å²) in [6, 6.07) is -0.0705. The van der Waals surface area contributed by atoms with Crippen molar-refractivity contribution in [1.29, 1.82) is 0 Å². The predicted molar refractivity (Wildman–Crippen MR) is 39.6 cm³/mol. The van der Waals surface area contributed by atoms with Gasteiger partial charge < -0.3 is 10.4 Å². The molecular weight excluding hydrogens is 146 g/mol. The fourth-order valence-electron chi connectivity index (χ4n) is 1.01. The molecule has 1 aliphatic heterocycles. The molecule has 0 spiro atoms. The lowest BCUT2D eigenvalue weighted by Gasteiger charge is -2.14. The van der Waals surface area contributed by atoms with E-state index in [0.29, 0.717) is 13.1 Å². The number of nitrogens with one attached hydrogen (secondary N) is 3. The molecule has 5 nitrogen and oxygen atoms in total. The maximum Gasteiger partial charge on any atom is 0.230 e. The van der Waals surface area contributed by atoms with Crippen molar-refractivity contribution in [3.63, 3.8) is 0 Å². The summed E-state index contributed by atoms with van der Waals surface area (Å²) in [6.45, 7) is 2.68. The summed E-state index contributed by atoms with van der Waals surface area (Å²) in [6.07, 6.45) is -0.415. The van der Waals surface area contributed by atoms with Gasteiger partial charge in [0.15, 0.2) is 0 Å². The fraction of sp³-hybridized carbons (Fsp3) is 0.833. The fourth-order valence-corrected chi connectivity index (χ4v) is 1.01. The molecule has 64 valence electrons. The SMILES string of the molecule is CC(=O)NN[C@@H]1CNC[C@H]1O. The van der Waals surface area contributed by atoms with E-state index in [1.807, 2.05) is 0 Å². The van der Waals surface area contributed by atoms with E-state index >= 15 is 0 Å². The van der Waals surface area contributed by atoms with E-state index in [1.165, 1.54) is 6.92 Å². The Morgan fingerprint density at radius 1 is 1.64 bits per heavy atom. The largest absolute Gasteiger partial charge is 0.390 e. The quantitative estimate of drug-likeness (QED) is 0.350. The van der Waals surface area contributed by atoms with Gasteiger partial charge in [0.25, 0.3) is 0 Å². The van der Waals surface area contributed by atoms with Crippen LogP contribution in [0.5, 0.6) is 0 Å². The molecule has 0 radical (unpaired) electrons. The van der Waals surface area contributed by atoms with Crippen LogP contribution in [0, 0.1) is 0 Å². The Labute approximate surface area is 65.1 Å². The monoisotopic (exact) mass is 159 g/mol. The van der Waals surface area contributed by atoms with Crippen LogP contribution in [0.3, 0.4) is 0 Å². The molecule has 0 aromatic carbocycles. The zero-order valence-electron chi connectivity index (χ0n) is 6.42. The maximum absolute atomic E-state index is 10.4. The molecule has 1 heterocycles. The van der Waals surface area contributed by atoms with E-state index in [-0.39, 0.29) is 11.9 Å². The number of aliphatic hydroxyl groups excluding tert-OH is 1. The number of β-amino-alcohol motifs (C(OH)–C–C–N with tert-alkyl or cyclic N) is 1. The standard InChI is InChI=1S/C6H13N3O2/c1-4(10)8-9-5-2-7-3-6(5)11/h5-7,9,11H,2-3H2,1H3,(H,8,10)/t5-,6-/m1/s1. The van der Waals surface area contributed by atoms with Gasteiger partial charge in [0.2, 0.25) is 5.91 Å². The molecule has 0 bridgehead atoms. The van der Waals surface area contributed by atoms with Crippen LogP contribution >= 0.6 is 0 Å². The normalized spacial score (nSPS) is 30.4. The molecule has 1 fully saturated rings. The van der Waals surface area contributed by atoms with Gasteiger partial charge in [0.1, 0.15) is 0 Å². The first-order valence-corrected chi connectivity index (χ1v) is 3.61. The second-order valence-electron chi connectivity index (χ2n) is 2.66. The van der Waals surface area contributed by atoms with Crippen LogP contribution in [0.2, 0.25) is 0 Å². The van der Waals surface area contributed by atoms with Gasteiger partial charge in [-0.3, -0.25) is 10.2 Å². The number of hydrogen-bond donors (Lipinski definition) is 4. The van der Waals surface area contributed by atoms with E-state index in [2.05, 4.69) is 16.2 Å². The lowest BCUT2D eigenvalue weighted by Crippen LogP contribution is -2.48. The van der Waals surface area contributed by atoms with Crippen molar-refractivity contribution in [1.82, 2.24) is 16.2 Å². The van der Waals surface area contributed by atoms with Crippen LogP contribution in [0.25, 0.3) is 0 Å². The minimum Gasteiger partial charge on any atom is -0.390 e. The summed E-state index contributed by atoms with van der Waals surface area (Å²) in [5, 5.41) is 12.2. The van der Waals surface area contributed by atoms with Crippen molar-refractivity contribution < 1.29 is 9.90 Å². The summed E-state index contributed by atoms with van der Waals surface area (Å²) >= 11 is 0. The highest BCUT2D eigenvalue weighted by atomic mass is 16.3. The number of hydrogen-bond acceptors (Lipinski definition) is 4. The van der Waals surface area contributed by atoms with Crippen LogP contribution in [0.1, 0.15) is 6.92 Å². The second kappa shape index (κ2) is 3.66. The van der Waals surface area contributed by atoms with Gasteiger partial charge in [-0.1, -0.05) is 0 Å². The lowest BCUT2D eigenvalue weighted by molar-refractivity contribution is -0.120. The Hall–Kier alpha value is -0.650. The summed E-state index contributed by atoms with van der Waals surface area (Å²) in [5.74, 6) is -0.149. The molecule has 0 aliphatic carbocycles. The van der Waals surface area contributed by atoms with Crippen molar-refractivity contribution in [2.24, 2.45) is 0 Å². The zero-order chi connectivity index (χ0) is 8.27. The summed E-state index contributed by atoms with van der Waals surface area (Å²) in [5.41, 5.74) is 5.15. The Morgan fingerprint density at radius 3 is 2.82 bits per heavy atom. The van der Waals surface area contributed by atoms with Crippen molar-refractivity contribution in [3.8, 4) is 0 Å². The van der Waals surface area contributed by atoms with Crippen LogP contribution in [0.15, 0.2) is 0 Å². The highest BCUT2D eigenvalue weighted by Gasteiger charge is 2.24. The molecule has 5 heteroatoms. The average Bonchev–Trinajstić information content (AvgIpc) is 2.31. The minimum atomic E-state index is -0.415. The number of amides is 1. The molecule has 1 aliphatic rings. The van der Waals surface area contributed by atoms with Crippen molar-refractivity contribution in [3.05, 3.63) is 0 Å². The molecule has 2 atom stereocenters. The van der Waals surface area contributed by atoms with Crippen LogP contribution in [-0.2, 0) is 4.79 Å². The highest BCUT2D eigenvalue weighted by molar-refractivity contribution is 5.72. The summed E-state index contributed by atoms with van der Waals surface area (Å²) in [4.78, 5) is 10.4. The highest BCUT2D eigenvalue weighted by Crippen LogP contribution is 1.96. The van der Waals surface area contributed by atoms with E-state index < -0.39 is 6.10 Å². The lowest BCUT2D eigenvalue weighted by atomic mass is 10.2. The molecular formula is C6H13N3O2. The second-order valence-corrected chi connectivity index (χ2v) is 2.66. The van der Waals surface area contributed by atoms with Crippen molar-refractivity contribution in [2.75, 3.05) is 13.1 Å². The Balaban J connectivity index is 2.20. The third-order valence-electron chi connectivity index (χ3n) is 1.62. The number of aliphatic hydroxyl groups is 1. The molecule has 1 saturated heterocycles. The van der Waals surface area contributed by atoms with Gasteiger partial charge in [-0.15, -0.1) is 0 Å². The van der Waals surface area contributed by atoms with Crippen LogP contribution in [-0.4, -0.2) is 36.2 Å². The third-order valence-corrected chi connectivity index (χ3v) is 1.62. The summed E-state index contributed by atoms with van der Waals surface area (Å²) < 4.78 is 0. The first kappa shape index (κ1) is 8.45. The first-order chi connectivity index (χ1) is 5.20. The van der Waals surface area contributed by atoms with E-state index in [0.717, 1.165) is 0 Å². The van der Waals surface area contributed by atoms with E-state index in [1.54, 1.807) is 0 Å². The Kier molecular flexibility index (Phi) is 2.81. The number of hydrazine groups is 1. The molecule has 0 aromatic rings. The maximum atomic E-state index is 10.4. The molecule has 11 heavy (non-hydrogen) atoms. The minimum absolute atomic E-state index is 0.0705. The van der Waals surface area contributed by atoms with Gasteiger partial charge in [0, 0.05) is 20.0 Å². The summed E-state index contributed by atoms with van der Waals surface area (Å²) in [7, 11) is 0. The first-order valence-electron chi connectivity index (χ1n) is 3.61.